The second kappa shape index (κ2) is 3.95. The van der Waals surface area contributed by atoms with E-state index in [9.17, 15) is 0 Å². The van der Waals surface area contributed by atoms with Gasteiger partial charge >= 0.3 is 0 Å². The average Bonchev–Trinajstić information content (AvgIpc) is 2.86. The standard InChI is InChI=1S/C11H11N7/c1-18(7-3-2-4-13-5-7)10-8-9(15-6-14-8)16-11(12)17-10/h2-6H,1H3,(H3,12,14,15,16,17). The van der Waals surface area contributed by atoms with Gasteiger partial charge in [0.1, 0.15) is 5.52 Å². The number of fused-ring (bicyclic) bond motifs is 1. The van der Waals surface area contributed by atoms with Crippen molar-refractivity contribution in [1.29, 1.82) is 0 Å². The number of aromatic nitrogens is 5. The Morgan fingerprint density at radius 1 is 1.33 bits per heavy atom. The van der Waals surface area contributed by atoms with E-state index in [1.807, 2.05) is 24.1 Å². The molecule has 0 aliphatic carbocycles. The zero-order chi connectivity index (χ0) is 12.5. The molecule has 3 N–H and O–H groups in total. The molecule has 0 aliphatic rings. The van der Waals surface area contributed by atoms with E-state index in [0.29, 0.717) is 11.5 Å². The van der Waals surface area contributed by atoms with Crippen molar-refractivity contribution in [3.63, 3.8) is 0 Å². The second-order valence-corrected chi connectivity index (χ2v) is 3.78. The van der Waals surface area contributed by atoms with Crippen molar-refractivity contribution in [3.05, 3.63) is 30.9 Å². The number of hydrogen-bond donors (Lipinski definition) is 2. The number of nitrogens with zero attached hydrogens (tertiary/aromatic N) is 5. The van der Waals surface area contributed by atoms with Crippen molar-refractivity contribution in [3.8, 4) is 0 Å². The molecule has 0 saturated carbocycles. The van der Waals surface area contributed by atoms with Crippen molar-refractivity contribution >= 4 is 28.6 Å². The summed E-state index contributed by atoms with van der Waals surface area (Å²) in [5.41, 5.74) is 7.89. The van der Waals surface area contributed by atoms with Crippen LogP contribution in [-0.2, 0) is 0 Å². The van der Waals surface area contributed by atoms with Crippen LogP contribution in [0.4, 0.5) is 17.5 Å². The smallest absolute Gasteiger partial charge is 0.224 e. The van der Waals surface area contributed by atoms with Crippen LogP contribution in [0.15, 0.2) is 30.9 Å². The first kappa shape index (κ1) is 10.5. The van der Waals surface area contributed by atoms with E-state index in [1.54, 1.807) is 18.7 Å². The highest BCUT2D eigenvalue weighted by atomic mass is 15.2. The number of hydrogen-bond acceptors (Lipinski definition) is 6. The molecule has 0 aliphatic heterocycles. The first-order valence-electron chi connectivity index (χ1n) is 5.36. The van der Waals surface area contributed by atoms with Crippen LogP contribution in [0.25, 0.3) is 11.2 Å². The molecule has 0 spiro atoms. The normalized spacial score (nSPS) is 10.7. The fourth-order valence-corrected chi connectivity index (χ4v) is 1.75. The molecular formula is C11H11N7. The lowest BCUT2D eigenvalue weighted by Gasteiger charge is -2.18. The summed E-state index contributed by atoms with van der Waals surface area (Å²) in [6, 6.07) is 3.80. The molecule has 0 amide bonds. The van der Waals surface area contributed by atoms with Gasteiger partial charge in [-0.05, 0) is 12.1 Å². The van der Waals surface area contributed by atoms with Gasteiger partial charge in [0.15, 0.2) is 11.5 Å². The summed E-state index contributed by atoms with van der Waals surface area (Å²) >= 11 is 0. The Bertz CT molecular complexity index is 676. The van der Waals surface area contributed by atoms with Crippen molar-refractivity contribution in [1.82, 2.24) is 24.9 Å². The molecule has 3 aromatic heterocycles. The zero-order valence-electron chi connectivity index (χ0n) is 9.70. The summed E-state index contributed by atoms with van der Waals surface area (Å²) in [6.07, 6.45) is 5.04. The van der Waals surface area contributed by atoms with Crippen LogP contribution >= 0.6 is 0 Å². The lowest BCUT2D eigenvalue weighted by Crippen LogP contribution is -2.13. The summed E-state index contributed by atoms with van der Waals surface area (Å²) in [5, 5.41) is 0. The van der Waals surface area contributed by atoms with Crippen molar-refractivity contribution in [2.45, 2.75) is 0 Å². The van der Waals surface area contributed by atoms with Gasteiger partial charge in [0.25, 0.3) is 0 Å². The highest BCUT2D eigenvalue weighted by Crippen LogP contribution is 2.26. The van der Waals surface area contributed by atoms with Gasteiger partial charge in [-0.2, -0.15) is 9.97 Å². The van der Waals surface area contributed by atoms with Gasteiger partial charge < -0.3 is 15.6 Å². The molecule has 0 radical (unpaired) electrons. The average molecular weight is 241 g/mol. The van der Waals surface area contributed by atoms with E-state index < -0.39 is 0 Å². The number of pyridine rings is 1. The molecule has 0 fully saturated rings. The van der Waals surface area contributed by atoms with Crippen molar-refractivity contribution < 1.29 is 0 Å². The summed E-state index contributed by atoms with van der Waals surface area (Å²) in [7, 11) is 1.89. The third kappa shape index (κ3) is 1.61. The molecule has 0 unspecified atom stereocenters. The van der Waals surface area contributed by atoms with Crippen LogP contribution < -0.4 is 10.6 Å². The van der Waals surface area contributed by atoms with E-state index >= 15 is 0 Å². The van der Waals surface area contributed by atoms with E-state index in [0.717, 1.165) is 11.2 Å². The number of aromatic amines is 1. The molecule has 7 nitrogen and oxygen atoms in total. The van der Waals surface area contributed by atoms with Crippen LogP contribution in [0.1, 0.15) is 0 Å². The molecule has 90 valence electrons. The molecule has 18 heavy (non-hydrogen) atoms. The van der Waals surface area contributed by atoms with Crippen LogP contribution in [0, 0.1) is 0 Å². The number of rotatable bonds is 2. The predicted octanol–water partition coefficient (Wildman–Crippen LogP) is 1.10. The number of nitrogen functional groups attached to an aromatic ring is 1. The van der Waals surface area contributed by atoms with Crippen molar-refractivity contribution in [2.75, 3.05) is 17.7 Å². The Labute approximate surface area is 103 Å². The lowest BCUT2D eigenvalue weighted by molar-refractivity contribution is 1.10. The maximum atomic E-state index is 5.68. The topological polar surface area (TPSA) is 96.6 Å². The van der Waals surface area contributed by atoms with Gasteiger partial charge in [0.05, 0.1) is 18.2 Å². The molecule has 3 heterocycles. The molecular weight excluding hydrogens is 230 g/mol. The number of imidazole rings is 1. The van der Waals surface area contributed by atoms with Gasteiger partial charge in [0.2, 0.25) is 5.95 Å². The Balaban J connectivity index is 2.17. The Hall–Kier alpha value is -2.70. The van der Waals surface area contributed by atoms with Gasteiger partial charge in [-0.15, -0.1) is 0 Å². The number of nitrogens with two attached hydrogens (primary N) is 1. The molecule has 0 saturated heterocycles. The fourth-order valence-electron chi connectivity index (χ4n) is 1.75. The molecule has 0 aromatic carbocycles. The Morgan fingerprint density at radius 3 is 3.00 bits per heavy atom. The predicted molar refractivity (Wildman–Crippen MR) is 68.4 cm³/mol. The van der Waals surface area contributed by atoms with Crippen molar-refractivity contribution in [2.24, 2.45) is 0 Å². The van der Waals surface area contributed by atoms with Gasteiger partial charge in [-0.3, -0.25) is 4.98 Å². The lowest BCUT2D eigenvalue weighted by atomic mass is 10.3. The Kier molecular flexibility index (Phi) is 2.30. The SMILES string of the molecule is CN(c1cccnc1)c1nc(N)nc2nc[nH]c12. The first-order chi connectivity index (χ1) is 8.75. The van der Waals surface area contributed by atoms with E-state index in [4.69, 9.17) is 5.73 Å². The fraction of sp³-hybridized carbons (Fsp3) is 0.0909. The third-order valence-corrected chi connectivity index (χ3v) is 2.63. The minimum absolute atomic E-state index is 0.195. The number of anilines is 3. The molecule has 3 rings (SSSR count). The second-order valence-electron chi connectivity index (χ2n) is 3.78. The monoisotopic (exact) mass is 241 g/mol. The Morgan fingerprint density at radius 2 is 2.22 bits per heavy atom. The van der Waals surface area contributed by atoms with E-state index in [1.165, 1.54) is 0 Å². The van der Waals surface area contributed by atoms with Crippen LogP contribution in [0.5, 0.6) is 0 Å². The highest BCUT2D eigenvalue weighted by molar-refractivity contribution is 5.86. The number of nitrogens with one attached hydrogen (secondary N) is 1. The maximum Gasteiger partial charge on any atom is 0.224 e. The third-order valence-electron chi connectivity index (χ3n) is 2.63. The zero-order valence-corrected chi connectivity index (χ0v) is 9.70. The van der Waals surface area contributed by atoms with Gasteiger partial charge in [-0.25, -0.2) is 4.98 Å². The molecule has 0 bridgehead atoms. The van der Waals surface area contributed by atoms with E-state index in [2.05, 4.69) is 24.9 Å². The molecule has 0 atom stereocenters. The highest BCUT2D eigenvalue weighted by Gasteiger charge is 2.13. The van der Waals surface area contributed by atoms with E-state index in [-0.39, 0.29) is 5.95 Å². The first-order valence-corrected chi connectivity index (χ1v) is 5.36. The summed E-state index contributed by atoms with van der Waals surface area (Å²) < 4.78 is 0. The summed E-state index contributed by atoms with van der Waals surface area (Å²) in [6.45, 7) is 0. The van der Waals surface area contributed by atoms with Gasteiger partial charge in [-0.1, -0.05) is 0 Å². The molecule has 7 heteroatoms. The maximum absolute atomic E-state index is 5.68. The van der Waals surface area contributed by atoms with Gasteiger partial charge in [0, 0.05) is 13.2 Å². The minimum atomic E-state index is 0.195. The minimum Gasteiger partial charge on any atom is -0.368 e. The van der Waals surface area contributed by atoms with Crippen LogP contribution in [0.3, 0.4) is 0 Å². The number of H-pyrrole nitrogens is 1. The summed E-state index contributed by atoms with van der Waals surface area (Å²) in [5.74, 6) is 0.864. The summed E-state index contributed by atoms with van der Waals surface area (Å²) in [4.78, 5) is 21.4. The molecule has 3 aromatic rings. The van der Waals surface area contributed by atoms with Crippen LogP contribution in [-0.4, -0.2) is 32.0 Å². The largest absolute Gasteiger partial charge is 0.368 e. The quantitative estimate of drug-likeness (QED) is 0.697. The van der Waals surface area contributed by atoms with Crippen LogP contribution in [0.2, 0.25) is 0 Å².